The molecule has 172 valence electrons. The zero-order chi connectivity index (χ0) is 24.3. The number of hydrogen-bond acceptors (Lipinski definition) is 4. The molecule has 0 saturated heterocycles. The van der Waals surface area contributed by atoms with Gasteiger partial charge in [-0.1, -0.05) is 71.8 Å². The van der Waals surface area contributed by atoms with Gasteiger partial charge in [0.2, 0.25) is 0 Å². The van der Waals surface area contributed by atoms with Crippen molar-refractivity contribution in [3.63, 3.8) is 0 Å². The Morgan fingerprint density at radius 2 is 1.44 bits per heavy atom. The summed E-state index contributed by atoms with van der Waals surface area (Å²) >= 11 is 6.27. The first-order valence-corrected chi connectivity index (χ1v) is 12.3. The first kappa shape index (κ1) is 23.5. The van der Waals surface area contributed by atoms with E-state index in [2.05, 4.69) is 0 Å². The first-order chi connectivity index (χ1) is 16.3. The molecule has 0 heterocycles. The van der Waals surface area contributed by atoms with E-state index in [0.29, 0.717) is 5.75 Å². The van der Waals surface area contributed by atoms with Crippen LogP contribution in [0.1, 0.15) is 15.9 Å². The van der Waals surface area contributed by atoms with Crippen molar-refractivity contribution in [2.45, 2.75) is 11.8 Å². The van der Waals surface area contributed by atoms with E-state index in [9.17, 15) is 13.2 Å². The number of anilines is 1. The zero-order valence-corrected chi connectivity index (χ0v) is 20.2. The molecule has 0 aliphatic carbocycles. The zero-order valence-electron chi connectivity index (χ0n) is 18.6. The quantitative estimate of drug-likeness (QED) is 0.315. The molecule has 0 radical (unpaired) electrons. The van der Waals surface area contributed by atoms with Gasteiger partial charge in [0, 0.05) is 5.56 Å². The van der Waals surface area contributed by atoms with E-state index in [4.69, 9.17) is 16.3 Å². The van der Waals surface area contributed by atoms with Crippen molar-refractivity contribution in [2.24, 2.45) is 0 Å². The molecule has 0 saturated carbocycles. The van der Waals surface area contributed by atoms with Crippen LogP contribution in [0.2, 0.25) is 5.02 Å². The summed E-state index contributed by atoms with van der Waals surface area (Å²) in [4.78, 5) is 13.6. The third-order valence-corrected chi connectivity index (χ3v) is 7.37. The van der Waals surface area contributed by atoms with Crippen LogP contribution >= 0.6 is 11.6 Å². The highest BCUT2D eigenvalue weighted by Crippen LogP contribution is 2.33. The van der Waals surface area contributed by atoms with Crippen molar-refractivity contribution in [1.29, 1.82) is 0 Å². The number of hydrogen-bond donors (Lipinski definition) is 0. The van der Waals surface area contributed by atoms with E-state index in [0.717, 1.165) is 21.0 Å². The average molecular weight is 492 g/mol. The highest BCUT2D eigenvalue weighted by molar-refractivity contribution is 7.93. The number of methoxy groups -OCH3 is 1. The normalized spacial score (nSPS) is 11.1. The van der Waals surface area contributed by atoms with Crippen LogP contribution in [0.25, 0.3) is 11.1 Å². The highest BCUT2D eigenvalue weighted by Gasteiger charge is 2.32. The molecule has 0 aliphatic rings. The van der Waals surface area contributed by atoms with Crippen LogP contribution in [0.15, 0.2) is 102 Å². The Kier molecular flexibility index (Phi) is 6.72. The second-order valence-corrected chi connectivity index (χ2v) is 9.84. The monoisotopic (exact) mass is 491 g/mol. The molecule has 0 aliphatic heterocycles. The molecule has 0 N–H and O–H groups in total. The fourth-order valence-corrected chi connectivity index (χ4v) is 5.17. The molecule has 5 nitrogen and oxygen atoms in total. The molecular weight excluding hydrogens is 470 g/mol. The van der Waals surface area contributed by atoms with Gasteiger partial charge in [0.25, 0.3) is 15.9 Å². The van der Waals surface area contributed by atoms with Crippen molar-refractivity contribution >= 4 is 33.2 Å². The molecule has 1 amide bonds. The van der Waals surface area contributed by atoms with Crippen molar-refractivity contribution in [1.82, 2.24) is 0 Å². The van der Waals surface area contributed by atoms with Crippen LogP contribution in [-0.4, -0.2) is 21.4 Å². The van der Waals surface area contributed by atoms with E-state index in [1.165, 1.54) is 37.4 Å². The number of halogens is 1. The van der Waals surface area contributed by atoms with Crippen molar-refractivity contribution in [3.8, 4) is 16.9 Å². The topological polar surface area (TPSA) is 63.7 Å². The predicted octanol–water partition coefficient (Wildman–Crippen LogP) is 6.36. The van der Waals surface area contributed by atoms with Gasteiger partial charge in [0.15, 0.2) is 0 Å². The second-order valence-electron chi connectivity index (χ2n) is 7.65. The van der Waals surface area contributed by atoms with E-state index in [-0.39, 0.29) is 21.2 Å². The van der Waals surface area contributed by atoms with Crippen molar-refractivity contribution < 1.29 is 17.9 Å². The summed E-state index contributed by atoms with van der Waals surface area (Å²) in [6, 6.07) is 27.3. The van der Waals surface area contributed by atoms with E-state index < -0.39 is 15.9 Å². The number of benzene rings is 4. The lowest BCUT2D eigenvalue weighted by Gasteiger charge is -2.23. The summed E-state index contributed by atoms with van der Waals surface area (Å²) in [5.41, 5.74) is 3.15. The Labute approximate surface area is 204 Å². The minimum atomic E-state index is -4.23. The molecular formula is C27H22ClNO4S. The molecule has 7 heteroatoms. The van der Waals surface area contributed by atoms with Crippen molar-refractivity contribution in [2.75, 3.05) is 11.4 Å². The Morgan fingerprint density at radius 3 is 2.03 bits per heavy atom. The van der Waals surface area contributed by atoms with Crippen LogP contribution in [-0.2, 0) is 10.0 Å². The molecule has 4 rings (SSSR count). The number of amides is 1. The smallest absolute Gasteiger partial charge is 0.272 e. The third kappa shape index (κ3) is 4.69. The number of rotatable bonds is 6. The van der Waals surface area contributed by atoms with E-state index >= 15 is 0 Å². The van der Waals surface area contributed by atoms with Crippen LogP contribution in [0.4, 0.5) is 5.69 Å². The van der Waals surface area contributed by atoms with Crippen LogP contribution in [0.3, 0.4) is 0 Å². The Balaban J connectivity index is 1.80. The van der Waals surface area contributed by atoms with Gasteiger partial charge in [-0.15, -0.1) is 0 Å². The molecule has 0 unspecified atom stereocenters. The largest absolute Gasteiger partial charge is 0.495 e. The van der Waals surface area contributed by atoms with Gasteiger partial charge in [-0.05, 0) is 60.5 Å². The molecule has 0 aromatic heterocycles. The van der Waals surface area contributed by atoms with Crippen LogP contribution in [0.5, 0.6) is 5.75 Å². The minimum absolute atomic E-state index is 0.000652. The number of carbonyl (C=O) groups is 1. The summed E-state index contributed by atoms with van der Waals surface area (Å²) < 4.78 is 33.2. The number of carbonyl (C=O) groups excluding carboxylic acids is 1. The van der Waals surface area contributed by atoms with Crippen LogP contribution in [0, 0.1) is 6.92 Å². The maximum atomic E-state index is 13.6. The van der Waals surface area contributed by atoms with Gasteiger partial charge in [-0.25, -0.2) is 8.42 Å². The van der Waals surface area contributed by atoms with Gasteiger partial charge in [0.05, 0.1) is 22.7 Å². The highest BCUT2D eigenvalue weighted by atomic mass is 35.5. The van der Waals surface area contributed by atoms with Crippen molar-refractivity contribution in [3.05, 3.63) is 113 Å². The lowest BCUT2D eigenvalue weighted by atomic mass is 10.0. The molecule has 0 fully saturated rings. The molecule has 0 bridgehead atoms. The molecule has 4 aromatic carbocycles. The maximum Gasteiger partial charge on any atom is 0.272 e. The van der Waals surface area contributed by atoms with Gasteiger partial charge in [0.1, 0.15) is 5.75 Å². The second kappa shape index (κ2) is 9.71. The predicted molar refractivity (Wildman–Crippen MR) is 135 cm³/mol. The molecule has 4 aromatic rings. The lowest BCUT2D eigenvalue weighted by molar-refractivity contribution is 0.101. The fourth-order valence-electron chi connectivity index (χ4n) is 3.52. The number of nitrogens with zero attached hydrogens (tertiary/aromatic N) is 1. The van der Waals surface area contributed by atoms with E-state index in [1.807, 2.05) is 37.3 Å². The molecule has 0 atom stereocenters. The lowest BCUT2D eigenvalue weighted by Crippen LogP contribution is -2.37. The molecule has 34 heavy (non-hydrogen) atoms. The summed E-state index contributed by atoms with van der Waals surface area (Å²) in [5, 5.41) is 0.191. The first-order valence-electron chi connectivity index (χ1n) is 10.5. The molecule has 0 spiro atoms. The fraction of sp³-hybridized carbons (Fsp3) is 0.0741. The van der Waals surface area contributed by atoms with Gasteiger partial charge in [-0.3, -0.25) is 4.79 Å². The maximum absolute atomic E-state index is 13.6. The SMILES string of the molecule is COc1ccc(N(C(=O)c2ccc(-c3ccccc3)cc2)S(=O)(=O)c2ccc(C)cc2)cc1Cl. The van der Waals surface area contributed by atoms with Gasteiger partial charge < -0.3 is 4.74 Å². The number of aryl methyl sites for hydroxylation is 1. The van der Waals surface area contributed by atoms with Gasteiger partial charge >= 0.3 is 0 Å². The van der Waals surface area contributed by atoms with Gasteiger partial charge in [-0.2, -0.15) is 4.31 Å². The van der Waals surface area contributed by atoms with E-state index in [1.54, 1.807) is 36.4 Å². The Morgan fingerprint density at radius 1 is 0.824 bits per heavy atom. The summed E-state index contributed by atoms with van der Waals surface area (Å²) in [5.74, 6) is -0.320. The number of ether oxygens (including phenoxy) is 1. The Bertz CT molecular complexity index is 1420. The summed E-state index contributed by atoms with van der Waals surface area (Å²) in [7, 11) is -2.77. The average Bonchev–Trinajstić information content (AvgIpc) is 2.85. The number of sulfonamides is 1. The summed E-state index contributed by atoms with van der Waals surface area (Å²) in [6.45, 7) is 1.86. The standard InChI is InChI=1S/C27H22ClNO4S/c1-19-8-15-24(16-9-19)34(31,32)29(23-14-17-26(33-2)25(28)18-23)27(30)22-12-10-21(11-13-22)20-6-4-3-5-7-20/h3-18H,1-2H3. The third-order valence-electron chi connectivity index (χ3n) is 5.35. The Hall–Kier alpha value is -3.61. The van der Waals surface area contributed by atoms with Crippen LogP contribution < -0.4 is 9.04 Å². The summed E-state index contributed by atoms with van der Waals surface area (Å²) in [6.07, 6.45) is 0. The minimum Gasteiger partial charge on any atom is -0.495 e.